The molecule has 5 heteroatoms. The van der Waals surface area contributed by atoms with Crippen LogP contribution in [-0.2, 0) is 14.3 Å². The van der Waals surface area contributed by atoms with Gasteiger partial charge < -0.3 is 15.0 Å². The van der Waals surface area contributed by atoms with Crippen LogP contribution in [0.25, 0.3) is 0 Å². The van der Waals surface area contributed by atoms with Crippen molar-refractivity contribution in [3.63, 3.8) is 0 Å². The highest BCUT2D eigenvalue weighted by atomic mass is 16.5. The lowest BCUT2D eigenvalue weighted by Crippen LogP contribution is -2.72. The summed E-state index contributed by atoms with van der Waals surface area (Å²) in [7, 11) is 0. The maximum atomic E-state index is 13.0. The number of piperazine rings is 1. The lowest BCUT2D eigenvalue weighted by molar-refractivity contribution is -0.162. The second kappa shape index (κ2) is 5.27. The third-order valence-electron chi connectivity index (χ3n) is 5.15. The number of hydrogen-bond acceptors (Lipinski definition) is 3. The first-order chi connectivity index (χ1) is 9.94. The fourth-order valence-electron chi connectivity index (χ4n) is 3.82. The van der Waals surface area contributed by atoms with Crippen molar-refractivity contribution in [2.24, 2.45) is 11.8 Å². The monoisotopic (exact) mass is 294 g/mol. The largest absolute Gasteiger partial charge is 0.379 e. The molecule has 1 aliphatic carbocycles. The first kappa shape index (κ1) is 14.8. The van der Waals surface area contributed by atoms with E-state index >= 15 is 0 Å². The van der Waals surface area contributed by atoms with E-state index in [1.165, 1.54) is 0 Å². The Kier molecular flexibility index (Phi) is 3.72. The average molecular weight is 294 g/mol. The van der Waals surface area contributed by atoms with Crippen molar-refractivity contribution in [3.05, 3.63) is 0 Å². The smallest absolute Gasteiger partial charge is 0.246 e. The van der Waals surface area contributed by atoms with Gasteiger partial charge in [0.05, 0.1) is 12.6 Å². The molecule has 2 aliphatic heterocycles. The van der Waals surface area contributed by atoms with Gasteiger partial charge in [0, 0.05) is 6.61 Å². The summed E-state index contributed by atoms with van der Waals surface area (Å²) in [4.78, 5) is 27.6. The van der Waals surface area contributed by atoms with Crippen LogP contribution in [-0.4, -0.2) is 47.6 Å². The van der Waals surface area contributed by atoms with Gasteiger partial charge in [-0.25, -0.2) is 0 Å². The van der Waals surface area contributed by atoms with E-state index in [1.54, 1.807) is 0 Å². The van der Waals surface area contributed by atoms with Gasteiger partial charge in [0.2, 0.25) is 11.8 Å². The summed E-state index contributed by atoms with van der Waals surface area (Å²) in [5.74, 6) is 0.809. The summed E-state index contributed by atoms with van der Waals surface area (Å²) in [6.45, 7) is 7.36. The molecule has 3 unspecified atom stereocenters. The van der Waals surface area contributed by atoms with Crippen molar-refractivity contribution in [1.82, 2.24) is 10.2 Å². The zero-order valence-corrected chi connectivity index (χ0v) is 13.2. The zero-order chi connectivity index (χ0) is 15.2. The topological polar surface area (TPSA) is 58.6 Å². The summed E-state index contributed by atoms with van der Waals surface area (Å²) < 4.78 is 5.48. The molecule has 21 heavy (non-hydrogen) atoms. The number of amides is 2. The SMILES string of the molecule is CC(C)CC1NC(=O)C(C)(C2CC2)N(C2CCOC2)C1=O. The fourth-order valence-corrected chi connectivity index (χ4v) is 3.82. The third-order valence-corrected chi connectivity index (χ3v) is 5.15. The molecular weight excluding hydrogens is 268 g/mol. The predicted molar refractivity (Wildman–Crippen MR) is 78.6 cm³/mol. The van der Waals surface area contributed by atoms with Crippen LogP contribution in [0.4, 0.5) is 0 Å². The van der Waals surface area contributed by atoms with Gasteiger partial charge in [-0.05, 0) is 44.4 Å². The van der Waals surface area contributed by atoms with E-state index in [-0.39, 0.29) is 23.9 Å². The third kappa shape index (κ3) is 2.45. The Bertz CT molecular complexity index is 441. The van der Waals surface area contributed by atoms with Crippen LogP contribution in [0.5, 0.6) is 0 Å². The van der Waals surface area contributed by atoms with Crippen molar-refractivity contribution >= 4 is 11.8 Å². The highest BCUT2D eigenvalue weighted by Gasteiger charge is 2.59. The summed E-state index contributed by atoms with van der Waals surface area (Å²) in [5, 5.41) is 2.99. The molecule has 3 rings (SSSR count). The van der Waals surface area contributed by atoms with Gasteiger partial charge in [0.25, 0.3) is 0 Å². The summed E-state index contributed by atoms with van der Waals surface area (Å²) in [6.07, 6.45) is 3.62. The molecule has 3 atom stereocenters. The minimum absolute atomic E-state index is 0.0298. The molecule has 2 saturated heterocycles. The van der Waals surface area contributed by atoms with E-state index < -0.39 is 5.54 Å². The Morgan fingerprint density at radius 1 is 1.33 bits per heavy atom. The molecule has 1 saturated carbocycles. The molecule has 0 radical (unpaired) electrons. The Hall–Kier alpha value is -1.10. The number of nitrogens with zero attached hydrogens (tertiary/aromatic N) is 1. The molecule has 0 aromatic heterocycles. The van der Waals surface area contributed by atoms with Crippen molar-refractivity contribution in [3.8, 4) is 0 Å². The van der Waals surface area contributed by atoms with Crippen molar-refractivity contribution in [2.75, 3.05) is 13.2 Å². The minimum atomic E-state index is -0.678. The van der Waals surface area contributed by atoms with E-state index in [0.717, 1.165) is 19.3 Å². The second-order valence-corrected chi connectivity index (χ2v) is 7.30. The van der Waals surface area contributed by atoms with Crippen molar-refractivity contribution in [1.29, 1.82) is 0 Å². The van der Waals surface area contributed by atoms with Crippen LogP contribution in [0.1, 0.15) is 46.5 Å². The molecular formula is C16H26N2O3. The van der Waals surface area contributed by atoms with Crippen LogP contribution in [0.2, 0.25) is 0 Å². The van der Waals surface area contributed by atoms with Crippen LogP contribution in [0, 0.1) is 11.8 Å². The summed E-state index contributed by atoms with van der Waals surface area (Å²) in [5.41, 5.74) is -0.678. The van der Waals surface area contributed by atoms with Crippen LogP contribution >= 0.6 is 0 Å². The molecule has 3 fully saturated rings. The van der Waals surface area contributed by atoms with Gasteiger partial charge in [-0.1, -0.05) is 13.8 Å². The van der Waals surface area contributed by atoms with Gasteiger partial charge >= 0.3 is 0 Å². The van der Waals surface area contributed by atoms with E-state index in [1.807, 2.05) is 11.8 Å². The summed E-state index contributed by atoms with van der Waals surface area (Å²) in [6, 6.07) is -0.311. The predicted octanol–water partition coefficient (Wildman–Crippen LogP) is 1.32. The molecule has 5 nitrogen and oxygen atoms in total. The summed E-state index contributed by atoms with van der Waals surface area (Å²) >= 11 is 0. The molecule has 2 heterocycles. The average Bonchev–Trinajstić information content (AvgIpc) is 3.14. The molecule has 1 N–H and O–H groups in total. The van der Waals surface area contributed by atoms with E-state index in [4.69, 9.17) is 4.74 Å². The molecule has 3 aliphatic rings. The second-order valence-electron chi connectivity index (χ2n) is 7.30. The Labute approximate surface area is 126 Å². The molecule has 0 aromatic carbocycles. The first-order valence-corrected chi connectivity index (χ1v) is 8.16. The van der Waals surface area contributed by atoms with Crippen molar-refractivity contribution < 1.29 is 14.3 Å². The normalized spacial score (nSPS) is 37.2. The number of carbonyl (C=O) groups is 2. The number of carbonyl (C=O) groups excluding carboxylic acids is 2. The highest BCUT2D eigenvalue weighted by molar-refractivity contribution is 6.00. The number of nitrogens with one attached hydrogen (secondary N) is 1. The maximum Gasteiger partial charge on any atom is 0.246 e. The van der Waals surface area contributed by atoms with Gasteiger partial charge in [-0.3, -0.25) is 9.59 Å². The molecule has 2 amide bonds. The Morgan fingerprint density at radius 3 is 2.57 bits per heavy atom. The molecule has 118 valence electrons. The minimum Gasteiger partial charge on any atom is -0.379 e. The van der Waals surface area contributed by atoms with E-state index in [2.05, 4.69) is 19.2 Å². The fraction of sp³-hybridized carbons (Fsp3) is 0.875. The van der Waals surface area contributed by atoms with Crippen molar-refractivity contribution in [2.45, 2.75) is 64.1 Å². The lowest BCUT2D eigenvalue weighted by Gasteiger charge is -2.49. The van der Waals surface area contributed by atoms with Gasteiger partial charge in [-0.15, -0.1) is 0 Å². The molecule has 0 aromatic rings. The van der Waals surface area contributed by atoms with Gasteiger partial charge in [0.1, 0.15) is 11.6 Å². The van der Waals surface area contributed by atoms with E-state index in [9.17, 15) is 9.59 Å². The van der Waals surface area contributed by atoms with Crippen LogP contribution in [0.15, 0.2) is 0 Å². The van der Waals surface area contributed by atoms with Gasteiger partial charge in [0.15, 0.2) is 0 Å². The number of rotatable bonds is 4. The molecule has 0 bridgehead atoms. The zero-order valence-electron chi connectivity index (χ0n) is 13.2. The van der Waals surface area contributed by atoms with E-state index in [0.29, 0.717) is 31.5 Å². The lowest BCUT2D eigenvalue weighted by atomic mass is 9.85. The molecule has 0 spiro atoms. The maximum absolute atomic E-state index is 13.0. The Balaban J connectivity index is 1.90. The number of hydrogen-bond donors (Lipinski definition) is 1. The Morgan fingerprint density at radius 2 is 2.05 bits per heavy atom. The van der Waals surface area contributed by atoms with Gasteiger partial charge in [-0.2, -0.15) is 0 Å². The highest BCUT2D eigenvalue weighted by Crippen LogP contribution is 2.46. The van der Waals surface area contributed by atoms with Crippen LogP contribution in [0.3, 0.4) is 0 Å². The quantitative estimate of drug-likeness (QED) is 0.850. The standard InChI is InChI=1S/C16H26N2O3/c1-10(2)8-13-14(19)18(12-6-7-21-9-12)16(3,11-4-5-11)15(20)17-13/h10-13H,4-9H2,1-3H3,(H,17,20). The number of ether oxygens (including phenoxy) is 1. The first-order valence-electron chi connectivity index (χ1n) is 8.16. The van der Waals surface area contributed by atoms with Crippen LogP contribution < -0.4 is 5.32 Å².